The van der Waals surface area contributed by atoms with Crippen molar-refractivity contribution in [3.8, 4) is 0 Å². The summed E-state index contributed by atoms with van der Waals surface area (Å²) in [4.78, 5) is 0. The van der Waals surface area contributed by atoms with Crippen LogP contribution < -0.4 is 5.32 Å². The van der Waals surface area contributed by atoms with Crippen molar-refractivity contribution in [3.05, 3.63) is 46.7 Å². The van der Waals surface area contributed by atoms with E-state index in [9.17, 15) is 4.39 Å². The summed E-state index contributed by atoms with van der Waals surface area (Å²) in [5.74, 6) is -0.178. The molecule has 0 aliphatic rings. The Balaban J connectivity index is 2.64. The van der Waals surface area contributed by atoms with E-state index in [2.05, 4.69) is 27.8 Å². The Labute approximate surface area is 98.5 Å². The number of benzene rings is 1. The quantitative estimate of drug-likeness (QED) is 0.634. The van der Waals surface area contributed by atoms with Crippen molar-refractivity contribution >= 4 is 15.9 Å². The molecule has 0 bridgehead atoms. The van der Waals surface area contributed by atoms with E-state index in [-0.39, 0.29) is 11.9 Å². The molecule has 1 rings (SSSR count). The predicted molar refractivity (Wildman–Crippen MR) is 65.3 cm³/mol. The summed E-state index contributed by atoms with van der Waals surface area (Å²) in [5, 5.41) is 3.23. The molecule has 0 spiro atoms. The Morgan fingerprint density at radius 2 is 2.33 bits per heavy atom. The van der Waals surface area contributed by atoms with Gasteiger partial charge >= 0.3 is 0 Å². The number of rotatable bonds is 5. The molecular formula is C12H15BrFN. The maximum atomic E-state index is 13.5. The molecule has 1 unspecified atom stereocenters. The third-order valence-electron chi connectivity index (χ3n) is 2.23. The maximum absolute atomic E-state index is 13.5. The number of hydrogen-bond donors (Lipinski definition) is 1. The van der Waals surface area contributed by atoms with Gasteiger partial charge in [-0.3, -0.25) is 0 Å². The van der Waals surface area contributed by atoms with Crippen molar-refractivity contribution in [2.75, 3.05) is 6.54 Å². The summed E-state index contributed by atoms with van der Waals surface area (Å²) in [7, 11) is 0. The fourth-order valence-corrected chi connectivity index (χ4v) is 1.70. The second-order valence-corrected chi connectivity index (χ2v) is 4.33. The standard InChI is InChI=1S/C12H15BrFN/c1-3-4-7-15-9(2)11-6-5-10(13)8-12(11)14/h3,5-6,8-9,15H,1,4,7H2,2H3. The van der Waals surface area contributed by atoms with Crippen molar-refractivity contribution in [2.45, 2.75) is 19.4 Å². The Hall–Kier alpha value is -0.670. The van der Waals surface area contributed by atoms with E-state index in [1.54, 1.807) is 6.07 Å². The molecule has 0 fully saturated rings. The molecule has 0 aromatic heterocycles. The zero-order valence-corrected chi connectivity index (χ0v) is 10.3. The highest BCUT2D eigenvalue weighted by atomic mass is 79.9. The van der Waals surface area contributed by atoms with Crippen molar-refractivity contribution < 1.29 is 4.39 Å². The largest absolute Gasteiger partial charge is 0.310 e. The van der Waals surface area contributed by atoms with Gasteiger partial charge in [0.15, 0.2) is 0 Å². The van der Waals surface area contributed by atoms with Gasteiger partial charge in [0.2, 0.25) is 0 Å². The molecule has 0 aliphatic heterocycles. The molecular weight excluding hydrogens is 257 g/mol. The van der Waals surface area contributed by atoms with Crippen LogP contribution in [-0.2, 0) is 0 Å². The van der Waals surface area contributed by atoms with Gasteiger partial charge in [0.25, 0.3) is 0 Å². The van der Waals surface area contributed by atoms with E-state index in [4.69, 9.17) is 0 Å². The molecule has 1 atom stereocenters. The third-order valence-corrected chi connectivity index (χ3v) is 2.72. The summed E-state index contributed by atoms with van der Waals surface area (Å²) in [6, 6.07) is 5.16. The molecule has 1 aromatic rings. The topological polar surface area (TPSA) is 12.0 Å². The highest BCUT2D eigenvalue weighted by Crippen LogP contribution is 2.20. The van der Waals surface area contributed by atoms with E-state index < -0.39 is 0 Å². The molecule has 3 heteroatoms. The highest BCUT2D eigenvalue weighted by molar-refractivity contribution is 9.10. The molecule has 0 amide bonds. The summed E-state index contributed by atoms with van der Waals surface area (Å²) >= 11 is 3.24. The van der Waals surface area contributed by atoms with Gasteiger partial charge in [-0.25, -0.2) is 4.39 Å². The van der Waals surface area contributed by atoms with E-state index in [1.807, 2.05) is 19.1 Å². The first-order chi connectivity index (χ1) is 7.15. The molecule has 0 saturated heterocycles. The van der Waals surface area contributed by atoms with Crippen LogP contribution in [0, 0.1) is 5.82 Å². The minimum Gasteiger partial charge on any atom is -0.310 e. The van der Waals surface area contributed by atoms with Gasteiger partial charge in [0, 0.05) is 16.1 Å². The van der Waals surface area contributed by atoms with Gasteiger partial charge in [0.05, 0.1) is 0 Å². The first-order valence-electron chi connectivity index (χ1n) is 4.94. The Morgan fingerprint density at radius 3 is 2.93 bits per heavy atom. The molecule has 1 nitrogen and oxygen atoms in total. The van der Waals surface area contributed by atoms with Crippen LogP contribution in [0.1, 0.15) is 24.9 Å². The Bertz CT molecular complexity index is 338. The van der Waals surface area contributed by atoms with Crippen LogP contribution >= 0.6 is 15.9 Å². The fraction of sp³-hybridized carbons (Fsp3) is 0.333. The lowest BCUT2D eigenvalue weighted by Gasteiger charge is -2.14. The number of hydrogen-bond acceptors (Lipinski definition) is 1. The first kappa shape index (κ1) is 12.4. The summed E-state index contributed by atoms with van der Waals surface area (Å²) in [6.45, 7) is 6.41. The monoisotopic (exact) mass is 271 g/mol. The average Bonchev–Trinajstić information content (AvgIpc) is 2.17. The van der Waals surface area contributed by atoms with E-state index >= 15 is 0 Å². The molecule has 1 N–H and O–H groups in total. The van der Waals surface area contributed by atoms with Crippen molar-refractivity contribution in [2.24, 2.45) is 0 Å². The molecule has 0 aliphatic carbocycles. The van der Waals surface area contributed by atoms with Gasteiger partial charge < -0.3 is 5.32 Å². The van der Waals surface area contributed by atoms with Gasteiger partial charge in [-0.1, -0.05) is 28.1 Å². The molecule has 82 valence electrons. The van der Waals surface area contributed by atoms with Crippen LogP contribution in [-0.4, -0.2) is 6.54 Å². The smallest absolute Gasteiger partial charge is 0.129 e. The second kappa shape index (κ2) is 6.03. The van der Waals surface area contributed by atoms with E-state index in [1.165, 1.54) is 6.07 Å². The number of halogens is 2. The minimum absolute atomic E-state index is 0.0260. The zero-order chi connectivity index (χ0) is 11.3. The van der Waals surface area contributed by atoms with Crippen LogP contribution in [0.15, 0.2) is 35.3 Å². The summed E-state index contributed by atoms with van der Waals surface area (Å²) in [5.41, 5.74) is 0.697. The third kappa shape index (κ3) is 3.76. The molecule has 0 heterocycles. The van der Waals surface area contributed by atoms with Crippen molar-refractivity contribution in [1.82, 2.24) is 5.32 Å². The predicted octanol–water partition coefficient (Wildman–Crippen LogP) is 3.81. The highest BCUT2D eigenvalue weighted by Gasteiger charge is 2.09. The van der Waals surface area contributed by atoms with Gasteiger partial charge in [-0.2, -0.15) is 0 Å². The lowest BCUT2D eigenvalue weighted by Crippen LogP contribution is -2.20. The lowest BCUT2D eigenvalue weighted by atomic mass is 10.1. The minimum atomic E-state index is -0.178. The zero-order valence-electron chi connectivity index (χ0n) is 8.76. The summed E-state index contributed by atoms with van der Waals surface area (Å²) < 4.78 is 14.3. The van der Waals surface area contributed by atoms with Crippen LogP contribution in [0.4, 0.5) is 4.39 Å². The lowest BCUT2D eigenvalue weighted by molar-refractivity contribution is 0.532. The number of nitrogens with one attached hydrogen (secondary N) is 1. The van der Waals surface area contributed by atoms with Crippen LogP contribution in [0.25, 0.3) is 0 Å². The summed E-state index contributed by atoms with van der Waals surface area (Å²) in [6.07, 6.45) is 2.74. The first-order valence-corrected chi connectivity index (χ1v) is 5.73. The Kier molecular flexibility index (Phi) is 4.99. The van der Waals surface area contributed by atoms with Crippen molar-refractivity contribution in [1.29, 1.82) is 0 Å². The Morgan fingerprint density at radius 1 is 1.60 bits per heavy atom. The SMILES string of the molecule is C=CCCNC(C)c1ccc(Br)cc1F. The van der Waals surface area contributed by atoms with Gasteiger partial charge in [-0.05, 0) is 32.0 Å². The van der Waals surface area contributed by atoms with E-state index in [0.29, 0.717) is 5.56 Å². The van der Waals surface area contributed by atoms with Gasteiger partial charge in [0.1, 0.15) is 5.82 Å². The van der Waals surface area contributed by atoms with Gasteiger partial charge in [-0.15, -0.1) is 6.58 Å². The fourth-order valence-electron chi connectivity index (χ4n) is 1.36. The molecule has 1 aromatic carbocycles. The van der Waals surface area contributed by atoms with Crippen molar-refractivity contribution in [3.63, 3.8) is 0 Å². The van der Waals surface area contributed by atoms with Crippen LogP contribution in [0.2, 0.25) is 0 Å². The molecule has 15 heavy (non-hydrogen) atoms. The maximum Gasteiger partial charge on any atom is 0.129 e. The van der Waals surface area contributed by atoms with Crippen LogP contribution in [0.3, 0.4) is 0 Å². The molecule has 0 saturated carbocycles. The van der Waals surface area contributed by atoms with Crippen LogP contribution in [0.5, 0.6) is 0 Å². The normalized spacial score (nSPS) is 12.5. The second-order valence-electron chi connectivity index (χ2n) is 3.42. The molecule has 0 radical (unpaired) electrons. The van der Waals surface area contributed by atoms with E-state index in [0.717, 1.165) is 17.4 Å². The average molecular weight is 272 g/mol.